The molecule has 0 amide bonds. The van der Waals surface area contributed by atoms with Gasteiger partial charge in [0.1, 0.15) is 5.76 Å². The molecule has 17 heavy (non-hydrogen) atoms. The molecule has 2 rings (SSSR count). The van der Waals surface area contributed by atoms with Crippen LogP contribution in [0.5, 0.6) is 0 Å². The molecule has 1 aliphatic heterocycles. The second-order valence-corrected chi connectivity index (χ2v) is 4.54. The van der Waals surface area contributed by atoms with Crippen LogP contribution in [-0.4, -0.2) is 13.2 Å². The van der Waals surface area contributed by atoms with Crippen LogP contribution >= 0.6 is 0 Å². The summed E-state index contributed by atoms with van der Waals surface area (Å²) in [6.45, 7) is 6.15. The van der Waals surface area contributed by atoms with Gasteiger partial charge in [-0.05, 0) is 31.5 Å². The lowest BCUT2D eigenvalue weighted by Gasteiger charge is -2.20. The van der Waals surface area contributed by atoms with Gasteiger partial charge in [-0.2, -0.15) is 0 Å². The highest BCUT2D eigenvalue weighted by Gasteiger charge is 2.19. The topological polar surface area (TPSA) is 21.3 Å². The van der Waals surface area contributed by atoms with Crippen molar-refractivity contribution in [1.29, 1.82) is 0 Å². The molecule has 92 valence electrons. The van der Waals surface area contributed by atoms with Crippen LogP contribution in [-0.2, 0) is 4.74 Å². The number of nitrogens with one attached hydrogen (secondary N) is 1. The minimum Gasteiger partial charge on any atom is -0.496 e. The van der Waals surface area contributed by atoms with E-state index in [2.05, 4.69) is 49.5 Å². The molecule has 0 saturated heterocycles. The molecule has 0 saturated carbocycles. The Balaban J connectivity index is 2.19. The Labute approximate surface area is 104 Å². The average Bonchev–Trinajstić information content (AvgIpc) is 2.83. The van der Waals surface area contributed by atoms with Crippen molar-refractivity contribution in [3.05, 3.63) is 47.2 Å². The SMILES string of the molecule is CCCNC(C1=CCCO1)c1cccc(C)c1. The number of ether oxygens (including phenoxy) is 1. The van der Waals surface area contributed by atoms with Crippen molar-refractivity contribution in [3.63, 3.8) is 0 Å². The summed E-state index contributed by atoms with van der Waals surface area (Å²) in [7, 11) is 0. The molecule has 1 aromatic carbocycles. The Bertz CT molecular complexity index is 398. The van der Waals surface area contributed by atoms with Gasteiger partial charge in [0.05, 0.1) is 12.6 Å². The fourth-order valence-corrected chi connectivity index (χ4v) is 2.16. The minimum atomic E-state index is 0.220. The van der Waals surface area contributed by atoms with E-state index in [1.807, 2.05) is 0 Å². The maximum atomic E-state index is 5.71. The Morgan fingerprint density at radius 3 is 2.94 bits per heavy atom. The summed E-state index contributed by atoms with van der Waals surface area (Å²) >= 11 is 0. The monoisotopic (exact) mass is 231 g/mol. The fourth-order valence-electron chi connectivity index (χ4n) is 2.16. The summed E-state index contributed by atoms with van der Waals surface area (Å²) in [4.78, 5) is 0. The number of hydrogen-bond donors (Lipinski definition) is 1. The van der Waals surface area contributed by atoms with Gasteiger partial charge in [-0.15, -0.1) is 0 Å². The zero-order valence-corrected chi connectivity index (χ0v) is 10.7. The third-order valence-electron chi connectivity index (χ3n) is 2.99. The lowest BCUT2D eigenvalue weighted by molar-refractivity contribution is 0.215. The molecule has 1 heterocycles. The number of hydrogen-bond acceptors (Lipinski definition) is 2. The van der Waals surface area contributed by atoms with Gasteiger partial charge in [-0.3, -0.25) is 0 Å². The third-order valence-corrected chi connectivity index (χ3v) is 2.99. The van der Waals surface area contributed by atoms with Crippen LogP contribution in [0.15, 0.2) is 36.1 Å². The zero-order chi connectivity index (χ0) is 12.1. The van der Waals surface area contributed by atoms with E-state index in [1.165, 1.54) is 11.1 Å². The van der Waals surface area contributed by atoms with E-state index in [0.717, 1.165) is 31.8 Å². The van der Waals surface area contributed by atoms with E-state index in [0.29, 0.717) is 0 Å². The number of aryl methyl sites for hydroxylation is 1. The zero-order valence-electron chi connectivity index (χ0n) is 10.7. The van der Waals surface area contributed by atoms with Gasteiger partial charge in [0.2, 0.25) is 0 Å². The second kappa shape index (κ2) is 5.87. The van der Waals surface area contributed by atoms with Crippen LogP contribution in [0.2, 0.25) is 0 Å². The Kier molecular flexibility index (Phi) is 4.21. The van der Waals surface area contributed by atoms with E-state index in [4.69, 9.17) is 4.74 Å². The van der Waals surface area contributed by atoms with Gasteiger partial charge in [0, 0.05) is 6.42 Å². The highest BCUT2D eigenvalue weighted by molar-refractivity contribution is 5.30. The summed E-state index contributed by atoms with van der Waals surface area (Å²) < 4.78 is 5.71. The molecule has 0 spiro atoms. The van der Waals surface area contributed by atoms with E-state index < -0.39 is 0 Å². The lowest BCUT2D eigenvalue weighted by Crippen LogP contribution is -2.24. The lowest BCUT2D eigenvalue weighted by atomic mass is 10.0. The molecule has 0 radical (unpaired) electrons. The van der Waals surface area contributed by atoms with Crippen LogP contribution in [0.4, 0.5) is 0 Å². The highest BCUT2D eigenvalue weighted by Crippen LogP contribution is 2.26. The Morgan fingerprint density at radius 2 is 2.29 bits per heavy atom. The molecule has 1 aromatic rings. The largest absolute Gasteiger partial charge is 0.496 e. The van der Waals surface area contributed by atoms with E-state index >= 15 is 0 Å². The second-order valence-electron chi connectivity index (χ2n) is 4.54. The summed E-state index contributed by atoms with van der Waals surface area (Å²) in [6, 6.07) is 8.86. The van der Waals surface area contributed by atoms with Crippen LogP contribution in [0.3, 0.4) is 0 Å². The predicted molar refractivity (Wildman–Crippen MR) is 70.9 cm³/mol. The van der Waals surface area contributed by atoms with Crippen molar-refractivity contribution in [1.82, 2.24) is 5.32 Å². The van der Waals surface area contributed by atoms with Crippen molar-refractivity contribution < 1.29 is 4.74 Å². The normalized spacial score (nSPS) is 16.5. The van der Waals surface area contributed by atoms with Crippen LogP contribution in [0, 0.1) is 6.92 Å². The molecule has 1 unspecified atom stereocenters. The standard InChI is InChI=1S/C15H21NO/c1-3-9-16-15(14-8-5-10-17-14)13-7-4-6-12(2)11-13/h4,6-8,11,15-16H,3,5,9-10H2,1-2H3. The first-order valence-corrected chi connectivity index (χ1v) is 6.44. The maximum Gasteiger partial charge on any atom is 0.114 e. The van der Waals surface area contributed by atoms with E-state index in [-0.39, 0.29) is 6.04 Å². The Morgan fingerprint density at radius 1 is 1.41 bits per heavy atom. The molecule has 1 N–H and O–H groups in total. The van der Waals surface area contributed by atoms with Gasteiger partial charge < -0.3 is 10.1 Å². The molecule has 0 fully saturated rings. The average molecular weight is 231 g/mol. The van der Waals surface area contributed by atoms with Gasteiger partial charge in [0.15, 0.2) is 0 Å². The fraction of sp³-hybridized carbons (Fsp3) is 0.467. The van der Waals surface area contributed by atoms with Crippen LogP contribution < -0.4 is 5.32 Å². The number of benzene rings is 1. The number of rotatable bonds is 5. The third kappa shape index (κ3) is 3.10. The van der Waals surface area contributed by atoms with Gasteiger partial charge in [-0.25, -0.2) is 0 Å². The molecule has 1 atom stereocenters. The molecule has 1 aliphatic rings. The predicted octanol–water partition coefficient (Wildman–Crippen LogP) is 3.34. The first-order chi connectivity index (χ1) is 8.31. The Hall–Kier alpha value is -1.28. The molecule has 2 heteroatoms. The van der Waals surface area contributed by atoms with Crippen LogP contribution in [0.25, 0.3) is 0 Å². The van der Waals surface area contributed by atoms with E-state index in [9.17, 15) is 0 Å². The van der Waals surface area contributed by atoms with Crippen molar-refractivity contribution in [2.24, 2.45) is 0 Å². The quantitative estimate of drug-likeness (QED) is 0.839. The van der Waals surface area contributed by atoms with Crippen molar-refractivity contribution in [2.75, 3.05) is 13.2 Å². The van der Waals surface area contributed by atoms with E-state index in [1.54, 1.807) is 0 Å². The molecular weight excluding hydrogens is 210 g/mol. The summed E-state index contributed by atoms with van der Waals surface area (Å²) in [5.74, 6) is 1.09. The maximum absolute atomic E-state index is 5.71. The molecule has 0 bridgehead atoms. The molecule has 0 aromatic heterocycles. The molecule has 0 aliphatic carbocycles. The summed E-state index contributed by atoms with van der Waals surface area (Å²) in [5, 5.41) is 3.56. The van der Waals surface area contributed by atoms with Gasteiger partial charge >= 0.3 is 0 Å². The molecule has 2 nitrogen and oxygen atoms in total. The summed E-state index contributed by atoms with van der Waals surface area (Å²) in [5.41, 5.74) is 2.59. The molecular formula is C15H21NO. The summed E-state index contributed by atoms with van der Waals surface area (Å²) in [6.07, 6.45) is 4.37. The minimum absolute atomic E-state index is 0.220. The van der Waals surface area contributed by atoms with Crippen molar-refractivity contribution >= 4 is 0 Å². The first kappa shape index (κ1) is 12.2. The van der Waals surface area contributed by atoms with Crippen molar-refractivity contribution in [3.8, 4) is 0 Å². The van der Waals surface area contributed by atoms with Crippen molar-refractivity contribution in [2.45, 2.75) is 32.7 Å². The van der Waals surface area contributed by atoms with Gasteiger partial charge in [-0.1, -0.05) is 36.8 Å². The first-order valence-electron chi connectivity index (χ1n) is 6.44. The smallest absolute Gasteiger partial charge is 0.114 e. The highest BCUT2D eigenvalue weighted by atomic mass is 16.5. The van der Waals surface area contributed by atoms with Gasteiger partial charge in [0.25, 0.3) is 0 Å². The van der Waals surface area contributed by atoms with Crippen LogP contribution in [0.1, 0.15) is 36.9 Å².